The van der Waals surface area contributed by atoms with Crippen LogP contribution in [0.3, 0.4) is 0 Å². The molecule has 0 aromatic carbocycles. The number of carbonyl (C=O) groups is 1. The van der Waals surface area contributed by atoms with E-state index in [-0.39, 0.29) is 0 Å². The summed E-state index contributed by atoms with van der Waals surface area (Å²) in [6, 6.07) is -0.796. The highest BCUT2D eigenvalue weighted by Crippen LogP contribution is 2.23. The maximum Gasteiger partial charge on any atom is 0.430 e. The Morgan fingerprint density at radius 1 is 1.55 bits per heavy atom. The molecular weight excluding hydrogens is 191 g/mol. The highest BCUT2D eigenvalue weighted by molar-refractivity contribution is 6.17. The van der Waals surface area contributed by atoms with Gasteiger partial charge in [-0.1, -0.05) is 11.6 Å². The molecule has 0 fully saturated rings. The Bertz CT molecular complexity index is 146. The van der Waals surface area contributed by atoms with Gasteiger partial charge in [-0.15, -0.1) is 0 Å². The van der Waals surface area contributed by atoms with Crippen molar-refractivity contribution in [3.05, 3.63) is 0 Å². The minimum Gasteiger partial charge on any atom is -0.447 e. The van der Waals surface area contributed by atoms with Crippen molar-refractivity contribution < 1.29 is 27.1 Å². The zero-order valence-corrected chi connectivity index (χ0v) is 5.75. The van der Waals surface area contributed by atoms with E-state index in [2.05, 4.69) is 4.74 Å². The van der Waals surface area contributed by atoms with Gasteiger partial charge in [0.2, 0.25) is 0 Å². The fraction of sp³-hybridized carbons (Fsp3) is 0.750. The minimum atomic E-state index is -5.22. The predicted octanol–water partition coefficient (Wildman–Crippen LogP) is 1.63. The molecule has 7 heteroatoms. The molecule has 0 N–H and O–H groups in total. The third-order valence-corrected chi connectivity index (χ3v) is 0.800. The van der Waals surface area contributed by atoms with Gasteiger partial charge in [0.05, 0.1) is 0 Å². The lowest BCUT2D eigenvalue weighted by Crippen LogP contribution is -2.33. The van der Waals surface area contributed by atoms with Crippen LogP contribution < -0.4 is 0 Å². The molecule has 0 aromatic heterocycles. The van der Waals surface area contributed by atoms with Gasteiger partial charge in [0.1, 0.15) is 0 Å². The number of carbonyl (C=O) groups excluding carboxylic acids is 1. The summed E-state index contributed by atoms with van der Waals surface area (Å²) in [7, 11) is 0. The van der Waals surface area contributed by atoms with Crippen LogP contribution in [-0.4, -0.2) is 24.4 Å². The van der Waals surface area contributed by atoms with E-state index in [1.54, 1.807) is 0 Å². The lowest BCUT2D eigenvalue weighted by Gasteiger charge is -2.09. The van der Waals surface area contributed by atoms with Crippen molar-refractivity contribution in [1.29, 1.82) is 0 Å². The first-order valence-electron chi connectivity index (χ1n) is 2.33. The Hall–Kier alpha value is -0.520. The SMILES string of the molecule is O=C(OCCl)C(F)C(F)(F)F. The minimum absolute atomic E-state index is 0.796. The Morgan fingerprint density at radius 2 is 2.00 bits per heavy atom. The lowest BCUT2D eigenvalue weighted by atomic mass is 10.4. The predicted molar refractivity (Wildman–Crippen MR) is 27.8 cm³/mol. The van der Waals surface area contributed by atoms with Crippen LogP contribution in [0.4, 0.5) is 17.6 Å². The highest BCUT2D eigenvalue weighted by Gasteiger charge is 2.46. The quantitative estimate of drug-likeness (QED) is 0.379. The summed E-state index contributed by atoms with van der Waals surface area (Å²) in [4.78, 5) is 9.99. The molecule has 0 bridgehead atoms. The monoisotopic (exact) mass is 194 g/mol. The van der Waals surface area contributed by atoms with E-state index < -0.39 is 24.4 Å². The van der Waals surface area contributed by atoms with Gasteiger partial charge in [0.25, 0.3) is 6.17 Å². The summed E-state index contributed by atoms with van der Waals surface area (Å²) in [5.41, 5.74) is 0. The van der Waals surface area contributed by atoms with Gasteiger partial charge in [-0.2, -0.15) is 13.2 Å². The zero-order chi connectivity index (χ0) is 9.07. The molecule has 0 saturated heterocycles. The number of ether oxygens (including phenoxy) is 1. The molecule has 0 radical (unpaired) electrons. The highest BCUT2D eigenvalue weighted by atomic mass is 35.5. The van der Waals surface area contributed by atoms with Crippen LogP contribution in [0.1, 0.15) is 0 Å². The molecule has 0 rings (SSSR count). The molecule has 11 heavy (non-hydrogen) atoms. The fourth-order valence-corrected chi connectivity index (χ4v) is 0.368. The molecule has 1 atom stereocenters. The van der Waals surface area contributed by atoms with E-state index >= 15 is 0 Å². The Balaban J connectivity index is 4.03. The molecule has 1 unspecified atom stereocenters. The standard InChI is InChI=1S/C4H3ClF4O2/c5-1-11-3(10)2(6)4(7,8)9/h2H,1H2. The summed E-state index contributed by atoms with van der Waals surface area (Å²) in [6.07, 6.45) is -8.83. The number of halogens is 5. The van der Waals surface area contributed by atoms with Crippen LogP contribution in [-0.2, 0) is 9.53 Å². The lowest BCUT2D eigenvalue weighted by molar-refractivity contribution is -0.199. The molecule has 0 amide bonds. The molecule has 0 spiro atoms. The van der Waals surface area contributed by atoms with Crippen LogP contribution in [0.15, 0.2) is 0 Å². The molecule has 0 saturated carbocycles. The molecule has 2 nitrogen and oxygen atoms in total. The number of hydrogen-bond acceptors (Lipinski definition) is 2. The van der Waals surface area contributed by atoms with Crippen LogP contribution in [0.2, 0.25) is 0 Å². The number of hydrogen-bond donors (Lipinski definition) is 0. The fourth-order valence-electron chi connectivity index (χ4n) is 0.261. The average molecular weight is 195 g/mol. The van der Waals surface area contributed by atoms with Crippen molar-refractivity contribution in [3.63, 3.8) is 0 Å². The molecule has 0 aromatic rings. The van der Waals surface area contributed by atoms with Crippen LogP contribution >= 0.6 is 11.6 Å². The van der Waals surface area contributed by atoms with Gasteiger partial charge in [-0.05, 0) is 0 Å². The van der Waals surface area contributed by atoms with Crippen LogP contribution in [0.25, 0.3) is 0 Å². The Labute approximate surface area is 64.1 Å². The third-order valence-electron chi connectivity index (χ3n) is 0.691. The van der Waals surface area contributed by atoms with Crippen molar-refractivity contribution in [2.24, 2.45) is 0 Å². The first-order valence-corrected chi connectivity index (χ1v) is 2.86. The van der Waals surface area contributed by atoms with Gasteiger partial charge in [0.15, 0.2) is 6.07 Å². The second kappa shape index (κ2) is 3.75. The summed E-state index contributed by atoms with van der Waals surface area (Å²) >= 11 is 4.71. The van der Waals surface area contributed by atoms with Gasteiger partial charge < -0.3 is 4.74 Å². The van der Waals surface area contributed by atoms with E-state index in [9.17, 15) is 22.4 Å². The van der Waals surface area contributed by atoms with Crippen molar-refractivity contribution in [2.45, 2.75) is 12.3 Å². The van der Waals surface area contributed by atoms with Crippen molar-refractivity contribution in [1.82, 2.24) is 0 Å². The van der Waals surface area contributed by atoms with Gasteiger partial charge in [0, 0.05) is 0 Å². The molecule has 0 aliphatic carbocycles. The third kappa shape index (κ3) is 3.41. The smallest absolute Gasteiger partial charge is 0.430 e. The maximum atomic E-state index is 11.8. The van der Waals surface area contributed by atoms with E-state index in [0.717, 1.165) is 0 Å². The number of esters is 1. The molecular formula is C4H3ClF4O2. The van der Waals surface area contributed by atoms with E-state index in [1.807, 2.05) is 0 Å². The first-order chi connectivity index (χ1) is 4.89. The van der Waals surface area contributed by atoms with E-state index in [4.69, 9.17) is 11.6 Å². The van der Waals surface area contributed by atoms with Gasteiger partial charge >= 0.3 is 12.1 Å². The topological polar surface area (TPSA) is 26.3 Å². The summed E-state index contributed by atoms with van der Waals surface area (Å²) < 4.78 is 49.3. The summed E-state index contributed by atoms with van der Waals surface area (Å²) in [5.74, 6) is -2.02. The second-order valence-corrected chi connectivity index (χ2v) is 1.69. The summed E-state index contributed by atoms with van der Waals surface area (Å²) in [6.45, 7) is 0. The molecule has 0 aliphatic rings. The first kappa shape index (κ1) is 10.5. The van der Waals surface area contributed by atoms with Crippen LogP contribution in [0, 0.1) is 0 Å². The normalized spacial score (nSPS) is 14.3. The maximum absolute atomic E-state index is 11.8. The zero-order valence-electron chi connectivity index (χ0n) is 4.99. The molecule has 0 aliphatic heterocycles. The number of alkyl halides is 5. The van der Waals surface area contributed by atoms with Crippen molar-refractivity contribution in [3.8, 4) is 0 Å². The second-order valence-electron chi connectivity index (χ2n) is 1.48. The number of rotatable bonds is 2. The Kier molecular flexibility index (Phi) is 3.57. The van der Waals surface area contributed by atoms with E-state index in [0.29, 0.717) is 0 Å². The largest absolute Gasteiger partial charge is 0.447 e. The van der Waals surface area contributed by atoms with Gasteiger partial charge in [-0.25, -0.2) is 9.18 Å². The van der Waals surface area contributed by atoms with Crippen molar-refractivity contribution >= 4 is 17.6 Å². The van der Waals surface area contributed by atoms with E-state index in [1.165, 1.54) is 0 Å². The Morgan fingerprint density at radius 3 is 2.27 bits per heavy atom. The average Bonchev–Trinajstić information content (AvgIpc) is 1.85. The van der Waals surface area contributed by atoms with Gasteiger partial charge in [-0.3, -0.25) is 0 Å². The van der Waals surface area contributed by atoms with Crippen molar-refractivity contribution in [2.75, 3.05) is 6.07 Å². The summed E-state index contributed by atoms with van der Waals surface area (Å²) in [5, 5.41) is 0. The van der Waals surface area contributed by atoms with Crippen LogP contribution in [0.5, 0.6) is 0 Å². The molecule has 0 heterocycles. The molecule has 66 valence electrons.